The molecule has 112 valence electrons. The minimum Gasteiger partial charge on any atom is -0.480 e. The molecule has 0 saturated carbocycles. The number of carboxylic acids is 1. The van der Waals surface area contributed by atoms with Crippen LogP contribution in [0, 0.1) is 0 Å². The molecule has 6 nitrogen and oxygen atoms in total. The standard InChI is InChI=1S/C14H16N2O4S/c17-12(11-8-21-14(20)16-11)15-10(13(18)19)7-6-9-4-2-1-3-5-9/h1-5,10-11H,6-8H2,(H,15,17)(H,16,20)(H,18,19). The fourth-order valence-corrected chi connectivity index (χ4v) is 2.79. The van der Waals surface area contributed by atoms with E-state index in [0.717, 1.165) is 17.3 Å². The van der Waals surface area contributed by atoms with Crippen LogP contribution in [-0.2, 0) is 16.0 Å². The Kier molecular flexibility index (Phi) is 5.21. The van der Waals surface area contributed by atoms with Gasteiger partial charge in [-0.1, -0.05) is 42.1 Å². The van der Waals surface area contributed by atoms with Gasteiger partial charge in [-0.15, -0.1) is 0 Å². The first kappa shape index (κ1) is 15.4. The fourth-order valence-electron chi connectivity index (χ4n) is 2.01. The van der Waals surface area contributed by atoms with E-state index < -0.39 is 24.0 Å². The Morgan fingerprint density at radius 1 is 1.38 bits per heavy atom. The number of carbonyl (C=O) groups excluding carboxylic acids is 2. The maximum Gasteiger partial charge on any atom is 0.326 e. The first-order chi connectivity index (χ1) is 10.1. The summed E-state index contributed by atoms with van der Waals surface area (Å²) in [5.74, 6) is -1.19. The van der Waals surface area contributed by atoms with E-state index in [4.69, 9.17) is 0 Å². The molecule has 3 N–H and O–H groups in total. The number of carbonyl (C=O) groups is 3. The number of thioether (sulfide) groups is 1. The van der Waals surface area contributed by atoms with E-state index >= 15 is 0 Å². The molecule has 1 heterocycles. The molecule has 1 aliphatic heterocycles. The molecule has 2 unspecified atom stereocenters. The summed E-state index contributed by atoms with van der Waals surface area (Å²) >= 11 is 1.02. The fraction of sp³-hybridized carbons (Fsp3) is 0.357. The van der Waals surface area contributed by atoms with E-state index in [1.165, 1.54) is 0 Å². The average molecular weight is 308 g/mol. The maximum absolute atomic E-state index is 11.9. The summed E-state index contributed by atoms with van der Waals surface area (Å²) in [5, 5.41) is 13.9. The van der Waals surface area contributed by atoms with Gasteiger partial charge in [0, 0.05) is 5.75 Å². The van der Waals surface area contributed by atoms with Crippen molar-refractivity contribution in [1.82, 2.24) is 10.6 Å². The summed E-state index contributed by atoms with van der Waals surface area (Å²) in [4.78, 5) is 34.2. The third-order valence-corrected chi connectivity index (χ3v) is 4.05. The molecule has 21 heavy (non-hydrogen) atoms. The van der Waals surface area contributed by atoms with Crippen LogP contribution in [0.1, 0.15) is 12.0 Å². The van der Waals surface area contributed by atoms with Crippen molar-refractivity contribution < 1.29 is 19.5 Å². The van der Waals surface area contributed by atoms with Gasteiger partial charge in [-0.05, 0) is 18.4 Å². The van der Waals surface area contributed by atoms with E-state index in [0.29, 0.717) is 18.6 Å². The molecule has 1 aromatic carbocycles. The van der Waals surface area contributed by atoms with E-state index in [-0.39, 0.29) is 5.24 Å². The summed E-state index contributed by atoms with van der Waals surface area (Å²) in [5.41, 5.74) is 1.02. The van der Waals surface area contributed by atoms with Gasteiger partial charge in [0.2, 0.25) is 5.91 Å². The van der Waals surface area contributed by atoms with E-state index in [9.17, 15) is 19.5 Å². The van der Waals surface area contributed by atoms with Crippen molar-refractivity contribution >= 4 is 28.9 Å². The molecule has 0 radical (unpaired) electrons. The molecule has 0 spiro atoms. The lowest BCUT2D eigenvalue weighted by Crippen LogP contribution is -2.49. The number of carboxylic acid groups (broad SMARTS) is 1. The van der Waals surface area contributed by atoms with E-state index in [1.54, 1.807) is 0 Å². The lowest BCUT2D eigenvalue weighted by molar-refractivity contribution is -0.142. The number of aryl methyl sites for hydroxylation is 1. The summed E-state index contributed by atoms with van der Waals surface area (Å²) in [6.07, 6.45) is 0.864. The van der Waals surface area contributed by atoms with Crippen molar-refractivity contribution in [2.75, 3.05) is 5.75 Å². The molecule has 0 aliphatic carbocycles. The summed E-state index contributed by atoms with van der Waals surface area (Å²) in [7, 11) is 0. The summed E-state index contributed by atoms with van der Waals surface area (Å²) in [6.45, 7) is 0. The van der Waals surface area contributed by atoms with Gasteiger partial charge in [-0.3, -0.25) is 9.59 Å². The van der Waals surface area contributed by atoms with E-state index in [2.05, 4.69) is 10.6 Å². The Balaban J connectivity index is 1.88. The van der Waals surface area contributed by atoms with Crippen molar-refractivity contribution in [2.24, 2.45) is 0 Å². The zero-order chi connectivity index (χ0) is 15.2. The van der Waals surface area contributed by atoms with E-state index in [1.807, 2.05) is 30.3 Å². The van der Waals surface area contributed by atoms with Crippen LogP contribution in [-0.4, -0.2) is 40.1 Å². The van der Waals surface area contributed by atoms with Gasteiger partial charge >= 0.3 is 5.97 Å². The van der Waals surface area contributed by atoms with Gasteiger partial charge in [-0.2, -0.15) is 0 Å². The number of aliphatic carboxylic acids is 1. The normalized spacial score (nSPS) is 18.9. The van der Waals surface area contributed by atoms with Crippen molar-refractivity contribution in [3.8, 4) is 0 Å². The lowest BCUT2D eigenvalue weighted by atomic mass is 10.0. The van der Waals surface area contributed by atoms with Crippen LogP contribution in [0.3, 0.4) is 0 Å². The highest BCUT2D eigenvalue weighted by atomic mass is 32.2. The highest BCUT2D eigenvalue weighted by Gasteiger charge is 2.30. The SMILES string of the molecule is O=C1NC(C(=O)NC(CCc2ccccc2)C(=O)O)CS1. The van der Waals surface area contributed by atoms with Crippen LogP contribution < -0.4 is 10.6 Å². The molecule has 1 saturated heterocycles. The van der Waals surface area contributed by atoms with Crippen LogP contribution in [0.5, 0.6) is 0 Å². The molecule has 0 aromatic heterocycles. The van der Waals surface area contributed by atoms with Crippen LogP contribution in [0.25, 0.3) is 0 Å². The number of hydrogen-bond acceptors (Lipinski definition) is 4. The Morgan fingerprint density at radius 2 is 2.10 bits per heavy atom. The second kappa shape index (κ2) is 7.12. The summed E-state index contributed by atoms with van der Waals surface area (Å²) < 4.78 is 0. The van der Waals surface area contributed by atoms with Crippen molar-refractivity contribution in [1.29, 1.82) is 0 Å². The molecule has 0 bridgehead atoms. The Hall–Kier alpha value is -2.02. The van der Waals surface area contributed by atoms with Gasteiger partial charge in [0.15, 0.2) is 0 Å². The highest BCUT2D eigenvalue weighted by molar-refractivity contribution is 8.14. The van der Waals surface area contributed by atoms with Crippen molar-refractivity contribution in [2.45, 2.75) is 24.9 Å². The van der Waals surface area contributed by atoms with Crippen molar-refractivity contribution in [3.63, 3.8) is 0 Å². The molecule has 2 rings (SSSR count). The first-order valence-corrected chi connectivity index (χ1v) is 7.55. The molecule has 1 fully saturated rings. The Labute approximate surface area is 126 Å². The number of nitrogens with one attached hydrogen (secondary N) is 2. The second-order valence-corrected chi connectivity index (χ2v) is 5.71. The largest absolute Gasteiger partial charge is 0.480 e. The van der Waals surface area contributed by atoms with Crippen LogP contribution in [0.4, 0.5) is 4.79 Å². The first-order valence-electron chi connectivity index (χ1n) is 6.56. The minimum atomic E-state index is -1.07. The number of rotatable bonds is 6. The van der Waals surface area contributed by atoms with Gasteiger partial charge in [0.05, 0.1) is 0 Å². The van der Waals surface area contributed by atoms with Gasteiger partial charge in [0.1, 0.15) is 12.1 Å². The Morgan fingerprint density at radius 3 is 2.67 bits per heavy atom. The molecule has 2 atom stereocenters. The third-order valence-electron chi connectivity index (χ3n) is 3.17. The zero-order valence-electron chi connectivity index (χ0n) is 11.2. The van der Waals surface area contributed by atoms with Crippen LogP contribution >= 0.6 is 11.8 Å². The smallest absolute Gasteiger partial charge is 0.326 e. The monoisotopic (exact) mass is 308 g/mol. The number of benzene rings is 1. The lowest BCUT2D eigenvalue weighted by Gasteiger charge is -2.17. The molecule has 7 heteroatoms. The van der Waals surface area contributed by atoms with Crippen molar-refractivity contribution in [3.05, 3.63) is 35.9 Å². The van der Waals surface area contributed by atoms with Gasteiger partial charge < -0.3 is 15.7 Å². The third kappa shape index (κ3) is 4.49. The second-order valence-electron chi connectivity index (χ2n) is 4.72. The summed E-state index contributed by atoms with van der Waals surface area (Å²) in [6, 6.07) is 7.87. The number of hydrogen-bond donors (Lipinski definition) is 3. The molecule has 1 aliphatic rings. The minimum absolute atomic E-state index is 0.258. The Bertz CT molecular complexity index is 535. The van der Waals surface area contributed by atoms with Gasteiger partial charge in [-0.25, -0.2) is 4.79 Å². The molecule has 1 aromatic rings. The quantitative estimate of drug-likeness (QED) is 0.729. The average Bonchev–Trinajstić information content (AvgIpc) is 2.90. The highest BCUT2D eigenvalue weighted by Crippen LogP contribution is 2.13. The predicted octanol–water partition coefficient (Wildman–Crippen LogP) is 1.01. The molecule has 2 amide bonds. The van der Waals surface area contributed by atoms with Crippen LogP contribution in [0.2, 0.25) is 0 Å². The van der Waals surface area contributed by atoms with Crippen LogP contribution in [0.15, 0.2) is 30.3 Å². The predicted molar refractivity (Wildman–Crippen MR) is 79.1 cm³/mol. The molecular formula is C14H16N2O4S. The molecular weight excluding hydrogens is 292 g/mol. The maximum atomic E-state index is 11.9. The van der Waals surface area contributed by atoms with Gasteiger partial charge in [0.25, 0.3) is 5.24 Å². The zero-order valence-corrected chi connectivity index (χ0v) is 12.1. The topological polar surface area (TPSA) is 95.5 Å². The number of amides is 2.